The van der Waals surface area contributed by atoms with Gasteiger partial charge in [0.1, 0.15) is 10.0 Å². The molecule has 2 atom stereocenters. The van der Waals surface area contributed by atoms with E-state index in [4.69, 9.17) is 0 Å². The molecular formula is C32H32N8O2S2. The quantitative estimate of drug-likeness (QED) is 0.209. The van der Waals surface area contributed by atoms with Crippen molar-refractivity contribution in [1.82, 2.24) is 29.5 Å². The molecule has 4 aromatic heterocycles. The monoisotopic (exact) mass is 624 g/mol. The van der Waals surface area contributed by atoms with Gasteiger partial charge >= 0.3 is 0 Å². The molecule has 0 spiro atoms. The van der Waals surface area contributed by atoms with Gasteiger partial charge in [-0.2, -0.15) is 0 Å². The first kappa shape index (κ1) is 28.4. The number of rotatable bonds is 8. The van der Waals surface area contributed by atoms with E-state index in [9.17, 15) is 9.59 Å². The van der Waals surface area contributed by atoms with Gasteiger partial charge in [0.25, 0.3) is 0 Å². The number of hydrogen-bond donors (Lipinski definition) is 2. The van der Waals surface area contributed by atoms with Crippen LogP contribution in [0.15, 0.2) is 60.9 Å². The maximum Gasteiger partial charge on any atom is 0.230 e. The first-order valence-corrected chi connectivity index (χ1v) is 16.4. The molecule has 1 aliphatic carbocycles. The average molecular weight is 625 g/mol. The van der Waals surface area contributed by atoms with Crippen LogP contribution in [-0.4, -0.2) is 41.3 Å². The number of amides is 2. The van der Waals surface area contributed by atoms with Gasteiger partial charge in [-0.25, -0.2) is 0 Å². The van der Waals surface area contributed by atoms with Crippen molar-refractivity contribution in [2.24, 2.45) is 14.1 Å². The predicted molar refractivity (Wildman–Crippen MR) is 174 cm³/mol. The van der Waals surface area contributed by atoms with Crippen LogP contribution < -0.4 is 10.6 Å². The van der Waals surface area contributed by atoms with Crippen LogP contribution in [0.5, 0.6) is 0 Å². The first-order chi connectivity index (χ1) is 21.4. The Bertz CT molecular complexity index is 1850. The Kier molecular flexibility index (Phi) is 7.69. The zero-order valence-corrected chi connectivity index (χ0v) is 26.1. The normalized spacial score (nSPS) is 16.9. The number of carbonyl (C=O) groups is 2. The fraction of sp³-hybridized carbons (Fsp3) is 0.312. The Morgan fingerprint density at radius 3 is 1.66 bits per heavy atom. The number of aromatic nitrogens is 6. The summed E-state index contributed by atoms with van der Waals surface area (Å²) in [7, 11) is 3.98. The number of nitrogens with one attached hydrogen (secondary N) is 2. The van der Waals surface area contributed by atoms with E-state index < -0.39 is 0 Å². The lowest BCUT2D eigenvalue weighted by atomic mass is 9.82. The van der Waals surface area contributed by atoms with Crippen molar-refractivity contribution in [2.75, 3.05) is 10.6 Å². The number of para-hydroxylation sites is 2. The van der Waals surface area contributed by atoms with E-state index in [1.807, 2.05) is 72.0 Å². The molecule has 2 N–H and O–H groups in total. The van der Waals surface area contributed by atoms with Crippen molar-refractivity contribution in [3.05, 3.63) is 82.1 Å². The molecule has 0 aliphatic heterocycles. The second-order valence-corrected chi connectivity index (χ2v) is 13.5. The summed E-state index contributed by atoms with van der Waals surface area (Å²) in [4.78, 5) is 25.7. The second kappa shape index (κ2) is 11.9. The lowest BCUT2D eigenvalue weighted by molar-refractivity contribution is -0.116. The van der Waals surface area contributed by atoms with Crippen LogP contribution >= 0.6 is 22.7 Å². The standard InChI is InChI=1S/C32H32N8O2S2/c1-39-17-21(23-10-3-5-12-25(23)39)15-27(41)33-31-37-35-29(43-31)19-8-7-9-20(14-19)30-36-38-32(44-30)34-28(42)16-22-18-40(2)26-13-6-4-11-24(22)26/h3-6,10-13,17-20H,7-9,14-16H2,1-2H3,(H,33,37,41)(H,34,38,42)/t19-,20+. The molecule has 1 fully saturated rings. The van der Waals surface area contributed by atoms with Crippen LogP contribution in [0.25, 0.3) is 21.8 Å². The van der Waals surface area contributed by atoms with E-state index in [0.717, 1.165) is 68.6 Å². The highest BCUT2D eigenvalue weighted by Crippen LogP contribution is 2.43. The molecule has 0 bridgehead atoms. The van der Waals surface area contributed by atoms with Crippen LogP contribution in [0.2, 0.25) is 0 Å². The molecule has 2 aromatic carbocycles. The molecule has 6 aromatic rings. The maximum atomic E-state index is 12.9. The molecule has 0 unspecified atom stereocenters. The van der Waals surface area contributed by atoms with Crippen LogP contribution in [-0.2, 0) is 36.5 Å². The van der Waals surface area contributed by atoms with Crippen molar-refractivity contribution >= 4 is 66.6 Å². The number of hydrogen-bond acceptors (Lipinski definition) is 8. The highest BCUT2D eigenvalue weighted by molar-refractivity contribution is 7.15. The number of nitrogens with zero attached hydrogens (tertiary/aromatic N) is 6. The number of aryl methyl sites for hydroxylation is 2. The predicted octanol–water partition coefficient (Wildman–Crippen LogP) is 6.18. The molecule has 4 heterocycles. The molecule has 2 amide bonds. The van der Waals surface area contributed by atoms with Gasteiger partial charge in [0.2, 0.25) is 22.1 Å². The summed E-state index contributed by atoms with van der Waals surface area (Å²) in [6, 6.07) is 16.2. The molecule has 10 nitrogen and oxygen atoms in total. The Morgan fingerprint density at radius 1 is 0.727 bits per heavy atom. The lowest BCUT2D eigenvalue weighted by Crippen LogP contribution is -2.14. The fourth-order valence-corrected chi connectivity index (χ4v) is 8.16. The molecule has 1 aliphatic rings. The van der Waals surface area contributed by atoms with Crippen LogP contribution in [0, 0.1) is 0 Å². The summed E-state index contributed by atoms with van der Waals surface area (Å²) in [5.74, 6) is 0.274. The van der Waals surface area contributed by atoms with Crippen LogP contribution in [0.1, 0.15) is 58.7 Å². The number of fused-ring (bicyclic) bond motifs is 2. The lowest BCUT2D eigenvalue weighted by Gasteiger charge is -2.25. The summed E-state index contributed by atoms with van der Waals surface area (Å²) in [6.45, 7) is 0. The van der Waals surface area contributed by atoms with Crippen molar-refractivity contribution < 1.29 is 9.59 Å². The second-order valence-electron chi connectivity index (χ2n) is 11.5. The molecule has 0 radical (unpaired) electrons. The van der Waals surface area contributed by atoms with E-state index in [0.29, 0.717) is 10.3 Å². The maximum absolute atomic E-state index is 12.9. The first-order valence-electron chi connectivity index (χ1n) is 14.7. The largest absolute Gasteiger partial charge is 0.350 e. The van der Waals surface area contributed by atoms with Crippen molar-refractivity contribution in [3.63, 3.8) is 0 Å². The number of benzene rings is 2. The van der Waals surface area contributed by atoms with E-state index in [-0.39, 0.29) is 36.5 Å². The van der Waals surface area contributed by atoms with Crippen LogP contribution in [0.4, 0.5) is 10.3 Å². The Balaban J connectivity index is 0.956. The van der Waals surface area contributed by atoms with Crippen molar-refractivity contribution in [1.29, 1.82) is 0 Å². The molecule has 12 heteroatoms. The Labute approximate surface area is 262 Å². The van der Waals surface area contributed by atoms with E-state index in [1.54, 1.807) is 0 Å². The van der Waals surface area contributed by atoms with Gasteiger partial charge in [-0.1, -0.05) is 65.5 Å². The SMILES string of the molecule is Cn1cc(CC(=O)Nc2nnc([C@@H]3CCC[C@H](c4nnc(NC(=O)Cc5cn(C)c6ccccc56)s4)C3)s2)c2ccccc21. The summed E-state index contributed by atoms with van der Waals surface area (Å²) in [5, 5.41) is 28.5. The zero-order valence-electron chi connectivity index (χ0n) is 24.5. The highest BCUT2D eigenvalue weighted by atomic mass is 32.1. The Morgan fingerprint density at radius 2 is 1.18 bits per heavy atom. The van der Waals surface area contributed by atoms with Gasteiger partial charge in [-0.15, -0.1) is 20.4 Å². The third kappa shape index (κ3) is 5.74. The minimum Gasteiger partial charge on any atom is -0.350 e. The average Bonchev–Trinajstić information content (AvgIpc) is 3.81. The molecular weight excluding hydrogens is 593 g/mol. The van der Waals surface area contributed by atoms with Gasteiger partial charge < -0.3 is 19.8 Å². The molecule has 224 valence electrons. The summed E-state index contributed by atoms with van der Waals surface area (Å²) < 4.78 is 4.09. The summed E-state index contributed by atoms with van der Waals surface area (Å²) in [5.41, 5.74) is 4.18. The molecule has 1 saturated carbocycles. The molecule has 7 rings (SSSR count). The zero-order chi connectivity index (χ0) is 30.2. The summed E-state index contributed by atoms with van der Waals surface area (Å²) in [6.07, 6.45) is 8.53. The van der Waals surface area contributed by atoms with Gasteiger partial charge in [-0.3, -0.25) is 9.59 Å². The van der Waals surface area contributed by atoms with E-state index in [1.165, 1.54) is 22.7 Å². The van der Waals surface area contributed by atoms with Crippen LogP contribution in [0.3, 0.4) is 0 Å². The minimum absolute atomic E-state index is 0.102. The topological polar surface area (TPSA) is 120 Å². The van der Waals surface area contributed by atoms with Crippen molar-refractivity contribution in [2.45, 2.75) is 50.4 Å². The Hall–Kier alpha value is -4.42. The van der Waals surface area contributed by atoms with E-state index in [2.05, 4.69) is 43.2 Å². The third-order valence-electron chi connectivity index (χ3n) is 8.41. The van der Waals surface area contributed by atoms with Gasteiger partial charge in [0.15, 0.2) is 0 Å². The molecule has 0 saturated heterocycles. The molecule has 44 heavy (non-hydrogen) atoms. The van der Waals surface area contributed by atoms with Gasteiger partial charge in [-0.05, 0) is 42.5 Å². The van der Waals surface area contributed by atoms with Gasteiger partial charge in [0, 0.05) is 60.1 Å². The van der Waals surface area contributed by atoms with Gasteiger partial charge in [0.05, 0.1) is 12.8 Å². The number of anilines is 2. The summed E-state index contributed by atoms with van der Waals surface area (Å²) >= 11 is 2.90. The number of carbonyl (C=O) groups excluding carboxylic acids is 2. The van der Waals surface area contributed by atoms with Crippen molar-refractivity contribution in [3.8, 4) is 0 Å². The smallest absolute Gasteiger partial charge is 0.230 e. The van der Waals surface area contributed by atoms with E-state index >= 15 is 0 Å². The highest BCUT2D eigenvalue weighted by Gasteiger charge is 2.29. The fourth-order valence-electron chi connectivity index (χ4n) is 6.34. The minimum atomic E-state index is -0.102. The third-order valence-corrected chi connectivity index (χ3v) is 10.4.